The molecule has 1 saturated heterocycles. The minimum atomic E-state index is 0.112. The third-order valence-corrected chi connectivity index (χ3v) is 4.17. The van der Waals surface area contributed by atoms with Crippen LogP contribution >= 0.6 is 0 Å². The quantitative estimate of drug-likeness (QED) is 0.840. The lowest BCUT2D eigenvalue weighted by molar-refractivity contribution is 0.101. The van der Waals surface area contributed by atoms with E-state index in [1.807, 2.05) is 40.3 Å². The van der Waals surface area contributed by atoms with Gasteiger partial charge in [-0.1, -0.05) is 12.1 Å². The van der Waals surface area contributed by atoms with Crippen LogP contribution in [0.2, 0.25) is 0 Å². The van der Waals surface area contributed by atoms with Gasteiger partial charge in [-0.2, -0.15) is 0 Å². The Balaban J connectivity index is 1.80. The van der Waals surface area contributed by atoms with Gasteiger partial charge >= 0.3 is 5.69 Å². The zero-order chi connectivity index (χ0) is 13.9. The summed E-state index contributed by atoms with van der Waals surface area (Å²) in [4.78, 5) is 12.4. The molecule has 20 heavy (non-hydrogen) atoms. The van der Waals surface area contributed by atoms with E-state index in [0.29, 0.717) is 6.10 Å². The first-order chi connectivity index (χ1) is 9.81. The number of hydrogen-bond donors (Lipinski definition) is 0. The van der Waals surface area contributed by atoms with Gasteiger partial charge in [-0.15, -0.1) is 0 Å². The Morgan fingerprint density at radius 1 is 1.25 bits per heavy atom. The molecule has 1 aromatic heterocycles. The molecule has 1 atom stereocenters. The Kier molecular flexibility index (Phi) is 3.92. The average molecular weight is 274 g/mol. The molecule has 0 aliphatic carbocycles. The van der Waals surface area contributed by atoms with E-state index in [-0.39, 0.29) is 5.69 Å². The van der Waals surface area contributed by atoms with Crippen molar-refractivity contribution in [2.45, 2.75) is 51.8 Å². The highest BCUT2D eigenvalue weighted by atomic mass is 16.5. The fourth-order valence-electron chi connectivity index (χ4n) is 3.14. The Bertz CT molecular complexity index is 635. The summed E-state index contributed by atoms with van der Waals surface area (Å²) in [6.07, 6.45) is 4.82. The van der Waals surface area contributed by atoms with Crippen LogP contribution in [-0.4, -0.2) is 21.8 Å². The van der Waals surface area contributed by atoms with Crippen molar-refractivity contribution in [1.29, 1.82) is 0 Å². The summed E-state index contributed by atoms with van der Waals surface area (Å²) in [7, 11) is 0. The molecule has 1 aliphatic heterocycles. The largest absolute Gasteiger partial charge is 0.378 e. The van der Waals surface area contributed by atoms with Crippen molar-refractivity contribution in [2.24, 2.45) is 0 Å². The molecule has 4 heteroatoms. The molecule has 1 aromatic carbocycles. The van der Waals surface area contributed by atoms with E-state index in [4.69, 9.17) is 4.74 Å². The molecule has 0 saturated carbocycles. The van der Waals surface area contributed by atoms with Crippen molar-refractivity contribution >= 4 is 11.0 Å². The van der Waals surface area contributed by atoms with Crippen molar-refractivity contribution in [2.75, 3.05) is 6.61 Å². The summed E-state index contributed by atoms with van der Waals surface area (Å²) in [6.45, 7) is 4.43. The molecule has 0 N–H and O–H groups in total. The van der Waals surface area contributed by atoms with E-state index in [0.717, 1.165) is 43.6 Å². The van der Waals surface area contributed by atoms with Gasteiger partial charge in [0.1, 0.15) is 0 Å². The predicted octanol–water partition coefficient (Wildman–Crippen LogP) is 2.78. The van der Waals surface area contributed by atoms with Crippen molar-refractivity contribution in [1.82, 2.24) is 9.13 Å². The molecule has 0 bridgehead atoms. The molecule has 2 aromatic rings. The van der Waals surface area contributed by atoms with Crippen LogP contribution in [-0.2, 0) is 17.8 Å². The van der Waals surface area contributed by atoms with Crippen LogP contribution in [0.15, 0.2) is 29.1 Å². The molecule has 1 aliphatic rings. The minimum Gasteiger partial charge on any atom is -0.378 e. The molecule has 0 amide bonds. The van der Waals surface area contributed by atoms with Gasteiger partial charge in [-0.25, -0.2) is 4.79 Å². The maximum absolute atomic E-state index is 12.4. The van der Waals surface area contributed by atoms with Crippen molar-refractivity contribution in [3.63, 3.8) is 0 Å². The van der Waals surface area contributed by atoms with E-state index >= 15 is 0 Å². The summed E-state index contributed by atoms with van der Waals surface area (Å²) in [5.41, 5.74) is 2.20. The maximum atomic E-state index is 12.4. The first-order valence-corrected chi connectivity index (χ1v) is 7.61. The highest BCUT2D eigenvalue weighted by Gasteiger charge is 2.16. The zero-order valence-corrected chi connectivity index (χ0v) is 12.0. The van der Waals surface area contributed by atoms with Crippen molar-refractivity contribution in [3.8, 4) is 0 Å². The van der Waals surface area contributed by atoms with Gasteiger partial charge in [-0.05, 0) is 44.7 Å². The van der Waals surface area contributed by atoms with E-state index in [2.05, 4.69) is 0 Å². The number of nitrogens with zero attached hydrogens (tertiary/aromatic N) is 2. The third-order valence-electron chi connectivity index (χ3n) is 4.17. The Morgan fingerprint density at radius 2 is 2.00 bits per heavy atom. The molecular weight excluding hydrogens is 252 g/mol. The molecule has 4 nitrogen and oxygen atoms in total. The third kappa shape index (κ3) is 2.40. The molecule has 1 fully saturated rings. The number of imidazole rings is 1. The molecule has 0 radical (unpaired) electrons. The topological polar surface area (TPSA) is 36.2 Å². The number of fused-ring (bicyclic) bond motifs is 1. The first-order valence-electron chi connectivity index (χ1n) is 7.61. The highest BCUT2D eigenvalue weighted by molar-refractivity contribution is 5.75. The summed E-state index contributed by atoms with van der Waals surface area (Å²) in [5, 5.41) is 0. The molecular formula is C16H22N2O2. The number of ether oxygens (including phenoxy) is 1. The lowest BCUT2D eigenvalue weighted by Gasteiger charge is -2.09. The molecule has 0 spiro atoms. The monoisotopic (exact) mass is 274 g/mol. The number of benzene rings is 1. The van der Waals surface area contributed by atoms with Crippen LogP contribution in [0.5, 0.6) is 0 Å². The summed E-state index contributed by atoms with van der Waals surface area (Å²) >= 11 is 0. The van der Waals surface area contributed by atoms with Crippen LogP contribution in [0.1, 0.15) is 32.6 Å². The standard InChI is InChI=1S/C16H22N2O2/c1-2-17-14-9-3-4-10-15(14)18(16(17)19)11-5-7-13-8-6-12-20-13/h3-4,9-10,13H,2,5-8,11-12H2,1H3. The fourth-order valence-corrected chi connectivity index (χ4v) is 3.14. The number of rotatable bonds is 5. The second kappa shape index (κ2) is 5.83. The van der Waals surface area contributed by atoms with Crippen molar-refractivity contribution in [3.05, 3.63) is 34.7 Å². The van der Waals surface area contributed by atoms with Gasteiger partial charge in [0.05, 0.1) is 17.1 Å². The SMILES string of the molecule is CCn1c(=O)n(CCCC2CCCO2)c2ccccc21. The Labute approximate surface area is 119 Å². The summed E-state index contributed by atoms with van der Waals surface area (Å²) in [5.74, 6) is 0. The first kappa shape index (κ1) is 13.4. The zero-order valence-electron chi connectivity index (χ0n) is 12.0. The number of aromatic nitrogens is 2. The molecule has 2 heterocycles. The van der Waals surface area contributed by atoms with Crippen LogP contribution in [0.4, 0.5) is 0 Å². The smallest absolute Gasteiger partial charge is 0.329 e. The summed E-state index contributed by atoms with van der Waals surface area (Å²) in [6, 6.07) is 8.05. The van der Waals surface area contributed by atoms with Gasteiger partial charge in [0.15, 0.2) is 0 Å². The average Bonchev–Trinajstić information content (AvgIpc) is 3.06. The second-order valence-corrected chi connectivity index (χ2v) is 5.44. The van der Waals surface area contributed by atoms with Gasteiger partial charge in [0.25, 0.3) is 0 Å². The predicted molar refractivity (Wildman–Crippen MR) is 80.1 cm³/mol. The van der Waals surface area contributed by atoms with Crippen LogP contribution in [0.25, 0.3) is 11.0 Å². The van der Waals surface area contributed by atoms with Crippen LogP contribution in [0.3, 0.4) is 0 Å². The van der Waals surface area contributed by atoms with E-state index in [1.54, 1.807) is 0 Å². The van der Waals surface area contributed by atoms with Gasteiger partial charge < -0.3 is 4.74 Å². The summed E-state index contributed by atoms with van der Waals surface area (Å²) < 4.78 is 9.40. The second-order valence-electron chi connectivity index (χ2n) is 5.44. The Morgan fingerprint density at radius 3 is 2.65 bits per heavy atom. The lowest BCUT2D eigenvalue weighted by Crippen LogP contribution is -2.24. The van der Waals surface area contributed by atoms with Crippen molar-refractivity contribution < 1.29 is 4.74 Å². The van der Waals surface area contributed by atoms with Crippen LogP contribution in [0, 0.1) is 0 Å². The maximum Gasteiger partial charge on any atom is 0.329 e. The number of para-hydroxylation sites is 2. The van der Waals surface area contributed by atoms with E-state index in [9.17, 15) is 4.79 Å². The van der Waals surface area contributed by atoms with Gasteiger partial charge in [-0.3, -0.25) is 9.13 Å². The number of aryl methyl sites for hydroxylation is 2. The normalized spacial score (nSPS) is 18.9. The molecule has 3 rings (SSSR count). The van der Waals surface area contributed by atoms with Crippen LogP contribution < -0.4 is 5.69 Å². The lowest BCUT2D eigenvalue weighted by atomic mass is 10.1. The molecule has 108 valence electrons. The fraction of sp³-hybridized carbons (Fsp3) is 0.562. The van der Waals surface area contributed by atoms with E-state index in [1.165, 1.54) is 12.8 Å². The highest BCUT2D eigenvalue weighted by Crippen LogP contribution is 2.18. The molecule has 1 unspecified atom stereocenters. The minimum absolute atomic E-state index is 0.112. The van der Waals surface area contributed by atoms with Gasteiger partial charge in [0, 0.05) is 19.7 Å². The Hall–Kier alpha value is -1.55. The van der Waals surface area contributed by atoms with Gasteiger partial charge in [0.2, 0.25) is 0 Å². The number of hydrogen-bond acceptors (Lipinski definition) is 2. The van der Waals surface area contributed by atoms with E-state index < -0.39 is 0 Å².